The molecule has 0 radical (unpaired) electrons. The molecule has 1 aliphatic heterocycles. The molecule has 1 N–H and O–H groups in total. The lowest BCUT2D eigenvalue weighted by molar-refractivity contribution is 0.518. The fourth-order valence-corrected chi connectivity index (χ4v) is 4.62. The number of aromatic nitrogens is 2. The van der Waals surface area contributed by atoms with Gasteiger partial charge in [-0.05, 0) is 63.8 Å². The largest absolute Gasteiger partial charge is 0.307 e. The van der Waals surface area contributed by atoms with Gasteiger partial charge in [0.05, 0.1) is 0 Å². The van der Waals surface area contributed by atoms with E-state index >= 15 is 0 Å². The maximum absolute atomic E-state index is 5.52. The summed E-state index contributed by atoms with van der Waals surface area (Å²) in [5, 5.41) is 2.52. The lowest BCUT2D eigenvalue weighted by atomic mass is 10.4. The van der Waals surface area contributed by atoms with Crippen molar-refractivity contribution in [3.05, 3.63) is 4.77 Å². The van der Waals surface area contributed by atoms with Gasteiger partial charge < -0.3 is 9.13 Å². The van der Waals surface area contributed by atoms with Crippen LogP contribution in [0.4, 0.5) is 0 Å². The second kappa shape index (κ2) is 4.16. The molecule has 0 unspecified atom stereocenters. The minimum atomic E-state index is 0.416. The number of hydrogen-bond acceptors (Lipinski definition) is 4. The second-order valence-electron chi connectivity index (χ2n) is 4.11. The zero-order valence-corrected chi connectivity index (χ0v) is 11.7. The van der Waals surface area contributed by atoms with Crippen LogP contribution in [-0.2, 0) is 0 Å². The van der Waals surface area contributed by atoms with Crippen LogP contribution in [0.2, 0.25) is 0 Å². The van der Waals surface area contributed by atoms with Crippen LogP contribution in [0.1, 0.15) is 39.8 Å². The molecular weight excluding hydrogens is 246 g/mol. The number of rotatable bonds is 2. The first kappa shape index (κ1) is 11.6. The van der Waals surface area contributed by atoms with E-state index in [1.54, 1.807) is 23.9 Å². The number of fused-ring (bicyclic) bond motifs is 1. The number of hydrogen-bond donors (Lipinski definition) is 1. The molecule has 1 aliphatic rings. The highest BCUT2D eigenvalue weighted by molar-refractivity contribution is 8.15. The topological polar surface area (TPSA) is 21.9 Å². The van der Waals surface area contributed by atoms with Crippen LogP contribution in [0, 0.1) is 4.77 Å². The summed E-state index contributed by atoms with van der Waals surface area (Å²) in [4.78, 5) is 0. The highest BCUT2D eigenvalue weighted by atomic mass is 32.2. The van der Waals surface area contributed by atoms with Gasteiger partial charge in [0, 0.05) is 12.1 Å². The Morgan fingerprint density at radius 3 is 1.73 bits per heavy atom. The second-order valence-corrected chi connectivity index (χ2v) is 6.32. The van der Waals surface area contributed by atoms with E-state index in [0.29, 0.717) is 12.1 Å². The van der Waals surface area contributed by atoms with Gasteiger partial charge in [0.25, 0.3) is 0 Å². The van der Waals surface area contributed by atoms with Crippen molar-refractivity contribution in [1.29, 1.82) is 0 Å². The third-order valence-corrected chi connectivity index (χ3v) is 4.70. The smallest absolute Gasteiger partial charge is 0.182 e. The highest BCUT2D eigenvalue weighted by Crippen LogP contribution is 2.41. The molecule has 0 saturated carbocycles. The van der Waals surface area contributed by atoms with Crippen LogP contribution in [0.3, 0.4) is 0 Å². The third-order valence-electron chi connectivity index (χ3n) is 2.34. The Morgan fingerprint density at radius 2 is 1.40 bits per heavy atom. The molecule has 0 amide bonds. The van der Waals surface area contributed by atoms with E-state index in [4.69, 9.17) is 12.2 Å². The minimum Gasteiger partial charge on any atom is -0.307 e. The summed E-state index contributed by atoms with van der Waals surface area (Å²) >= 11 is 8.85. The summed E-state index contributed by atoms with van der Waals surface area (Å²) in [5.74, 6) is 0. The molecule has 1 aromatic heterocycles. The van der Waals surface area contributed by atoms with Crippen molar-refractivity contribution in [2.24, 2.45) is 0 Å². The normalized spacial score (nSPS) is 15.3. The predicted octanol–water partition coefficient (Wildman–Crippen LogP) is 3.80. The molecule has 0 aliphatic carbocycles. The fourth-order valence-electron chi connectivity index (χ4n) is 1.69. The van der Waals surface area contributed by atoms with Gasteiger partial charge in [-0.15, -0.1) is 0 Å². The van der Waals surface area contributed by atoms with Gasteiger partial charge in [-0.2, -0.15) is 4.13 Å². The van der Waals surface area contributed by atoms with Crippen LogP contribution < -0.4 is 4.13 Å². The Kier molecular flexibility index (Phi) is 3.21. The van der Waals surface area contributed by atoms with Gasteiger partial charge in [-0.3, -0.25) is 0 Å². The van der Waals surface area contributed by atoms with E-state index in [0.717, 1.165) is 4.77 Å². The van der Waals surface area contributed by atoms with Gasteiger partial charge >= 0.3 is 0 Å². The monoisotopic (exact) mass is 261 g/mol. The van der Waals surface area contributed by atoms with Crippen molar-refractivity contribution in [3.63, 3.8) is 0 Å². The third kappa shape index (κ3) is 1.77. The predicted molar refractivity (Wildman–Crippen MR) is 68.9 cm³/mol. The van der Waals surface area contributed by atoms with E-state index in [2.05, 4.69) is 41.0 Å². The highest BCUT2D eigenvalue weighted by Gasteiger charge is 2.26. The SMILES string of the molecule is CC(C)n1c2c(n(C(C)C)c1=S)SNS2. The Bertz CT molecular complexity index is 394. The fraction of sp³-hybridized carbons (Fsp3) is 0.667. The van der Waals surface area contributed by atoms with E-state index in [1.807, 2.05) is 0 Å². The zero-order valence-electron chi connectivity index (χ0n) is 9.27. The first-order valence-electron chi connectivity index (χ1n) is 4.99. The van der Waals surface area contributed by atoms with Gasteiger partial charge in [0.2, 0.25) is 0 Å². The average molecular weight is 261 g/mol. The molecule has 0 saturated heterocycles. The summed E-state index contributed by atoms with van der Waals surface area (Å²) in [6.07, 6.45) is 0. The van der Waals surface area contributed by atoms with Crippen LogP contribution in [0.5, 0.6) is 0 Å². The van der Waals surface area contributed by atoms with Gasteiger partial charge in [0.1, 0.15) is 10.1 Å². The number of nitrogens with zero attached hydrogens (tertiary/aromatic N) is 2. The molecule has 0 atom stereocenters. The number of nitrogens with one attached hydrogen (secondary N) is 1. The Balaban J connectivity index is 2.68. The van der Waals surface area contributed by atoms with E-state index < -0.39 is 0 Å². The first-order valence-corrected chi connectivity index (χ1v) is 7.03. The van der Waals surface area contributed by atoms with Crippen molar-refractivity contribution in [3.8, 4) is 0 Å². The van der Waals surface area contributed by atoms with E-state index in [9.17, 15) is 0 Å². The molecule has 0 spiro atoms. The van der Waals surface area contributed by atoms with Crippen LogP contribution >= 0.6 is 36.1 Å². The quantitative estimate of drug-likeness (QED) is 0.645. The van der Waals surface area contributed by atoms with Crippen molar-refractivity contribution in [1.82, 2.24) is 13.3 Å². The Morgan fingerprint density at radius 1 is 1.00 bits per heavy atom. The van der Waals surface area contributed by atoms with Gasteiger partial charge in [-0.1, -0.05) is 0 Å². The summed E-state index contributed by atoms with van der Waals surface area (Å²) in [5.41, 5.74) is 0. The molecule has 1 aromatic rings. The molecular formula is C9H15N3S3. The average Bonchev–Trinajstić information content (AvgIpc) is 2.60. The molecule has 15 heavy (non-hydrogen) atoms. The van der Waals surface area contributed by atoms with Crippen LogP contribution in [0.25, 0.3) is 0 Å². The standard InChI is InChI=1S/C9H15N3S3/c1-5(2)11-7-8(15-10-14-7)12(6(3)4)9(11)13/h5-6,10H,1-4H3. The first-order chi connectivity index (χ1) is 7.04. The Hall–Kier alpha value is 0.0900. The van der Waals surface area contributed by atoms with Crippen molar-refractivity contribution < 1.29 is 0 Å². The van der Waals surface area contributed by atoms with Crippen molar-refractivity contribution in [2.75, 3.05) is 0 Å². The van der Waals surface area contributed by atoms with Crippen molar-refractivity contribution >= 4 is 36.1 Å². The van der Waals surface area contributed by atoms with E-state index in [1.165, 1.54) is 10.1 Å². The molecule has 6 heteroatoms. The lowest BCUT2D eigenvalue weighted by Gasteiger charge is -2.11. The molecule has 2 heterocycles. The molecule has 2 rings (SSSR count). The van der Waals surface area contributed by atoms with Gasteiger partial charge in [0.15, 0.2) is 4.77 Å². The van der Waals surface area contributed by atoms with Crippen LogP contribution in [-0.4, -0.2) is 9.13 Å². The molecule has 0 bridgehead atoms. The van der Waals surface area contributed by atoms with Crippen LogP contribution in [0.15, 0.2) is 10.1 Å². The van der Waals surface area contributed by atoms with E-state index in [-0.39, 0.29) is 0 Å². The minimum absolute atomic E-state index is 0.416. The Labute approximate surface area is 104 Å². The summed E-state index contributed by atoms with van der Waals surface area (Å²) in [7, 11) is 0. The van der Waals surface area contributed by atoms with Gasteiger partial charge in [-0.25, -0.2) is 0 Å². The maximum atomic E-state index is 5.52. The molecule has 0 aromatic carbocycles. The summed E-state index contributed by atoms with van der Waals surface area (Å²) in [6, 6.07) is 0.832. The maximum Gasteiger partial charge on any atom is 0.182 e. The van der Waals surface area contributed by atoms with Crippen molar-refractivity contribution in [2.45, 2.75) is 49.8 Å². The molecule has 0 fully saturated rings. The number of imidazole rings is 1. The molecule has 3 nitrogen and oxygen atoms in total. The molecule has 84 valence electrons. The zero-order chi connectivity index (χ0) is 11.2. The summed E-state index contributed by atoms with van der Waals surface area (Å²) < 4.78 is 8.62. The lowest BCUT2D eigenvalue weighted by Crippen LogP contribution is -2.07. The summed E-state index contributed by atoms with van der Waals surface area (Å²) in [6.45, 7) is 8.68.